The number of hydrogen-bond acceptors (Lipinski definition) is 4. The summed E-state index contributed by atoms with van der Waals surface area (Å²) in [4.78, 5) is 13.0. The molecule has 0 aliphatic carbocycles. The molecular formula is C14H21NO3. The smallest absolute Gasteiger partial charge is 0.304 e. The van der Waals surface area contributed by atoms with Crippen molar-refractivity contribution < 1.29 is 14.3 Å². The molecule has 0 saturated heterocycles. The van der Waals surface area contributed by atoms with Crippen molar-refractivity contribution >= 4 is 5.97 Å². The predicted octanol–water partition coefficient (Wildman–Crippen LogP) is 2.04. The van der Waals surface area contributed by atoms with E-state index in [0.717, 1.165) is 6.54 Å². The van der Waals surface area contributed by atoms with Gasteiger partial charge in [-0.15, -0.1) is 0 Å². The van der Waals surface area contributed by atoms with Crippen LogP contribution in [0.15, 0.2) is 30.3 Å². The summed E-state index contributed by atoms with van der Waals surface area (Å²) in [7, 11) is 1.97. The largest absolute Gasteiger partial charge is 0.435 e. The molecule has 0 bridgehead atoms. The average Bonchev–Trinajstić information content (AvgIpc) is 2.29. The van der Waals surface area contributed by atoms with E-state index in [-0.39, 0.29) is 5.97 Å². The lowest BCUT2D eigenvalue weighted by Gasteiger charge is -2.23. The molecule has 1 rings (SSSR count). The Bertz CT molecular complexity index is 353. The second-order valence-electron chi connectivity index (χ2n) is 4.18. The topological polar surface area (TPSA) is 38.8 Å². The standard InChI is InChI=1S/C14H21NO3/c1-4-17-14(18-12(2)16)11-15(3)10-13-8-6-5-7-9-13/h5-9,14H,4,10-11H2,1-3H3. The van der Waals surface area contributed by atoms with Crippen molar-refractivity contribution in [2.24, 2.45) is 0 Å². The molecule has 0 aromatic heterocycles. The Hall–Kier alpha value is -1.39. The van der Waals surface area contributed by atoms with E-state index in [1.807, 2.05) is 32.2 Å². The van der Waals surface area contributed by atoms with Crippen LogP contribution in [0.5, 0.6) is 0 Å². The summed E-state index contributed by atoms with van der Waals surface area (Å²) in [6.45, 7) is 5.15. The third-order valence-electron chi connectivity index (χ3n) is 2.41. The first-order valence-corrected chi connectivity index (χ1v) is 6.13. The lowest BCUT2D eigenvalue weighted by molar-refractivity contribution is -0.178. The van der Waals surface area contributed by atoms with Crippen molar-refractivity contribution in [3.8, 4) is 0 Å². The molecule has 0 N–H and O–H groups in total. The number of rotatable bonds is 7. The van der Waals surface area contributed by atoms with Gasteiger partial charge < -0.3 is 9.47 Å². The first-order chi connectivity index (χ1) is 8.61. The number of esters is 1. The van der Waals surface area contributed by atoms with Crippen molar-refractivity contribution in [2.75, 3.05) is 20.2 Å². The number of ether oxygens (including phenoxy) is 2. The normalized spacial score (nSPS) is 12.4. The van der Waals surface area contributed by atoms with Crippen LogP contribution in [-0.2, 0) is 20.8 Å². The van der Waals surface area contributed by atoms with Gasteiger partial charge in [-0.05, 0) is 19.5 Å². The van der Waals surface area contributed by atoms with Gasteiger partial charge in [0.15, 0.2) is 0 Å². The third-order valence-corrected chi connectivity index (χ3v) is 2.41. The van der Waals surface area contributed by atoms with Gasteiger partial charge in [-0.25, -0.2) is 0 Å². The molecule has 100 valence electrons. The van der Waals surface area contributed by atoms with Crippen molar-refractivity contribution in [1.29, 1.82) is 0 Å². The van der Waals surface area contributed by atoms with Crippen LogP contribution in [-0.4, -0.2) is 37.4 Å². The fourth-order valence-electron chi connectivity index (χ4n) is 1.71. The van der Waals surface area contributed by atoms with Gasteiger partial charge in [0.05, 0.1) is 6.54 Å². The van der Waals surface area contributed by atoms with Crippen LogP contribution in [0.4, 0.5) is 0 Å². The van der Waals surface area contributed by atoms with E-state index < -0.39 is 6.29 Å². The molecule has 1 unspecified atom stereocenters. The molecule has 0 fully saturated rings. The monoisotopic (exact) mass is 251 g/mol. The summed E-state index contributed by atoms with van der Waals surface area (Å²) in [5.74, 6) is -0.318. The summed E-state index contributed by atoms with van der Waals surface area (Å²) in [6.07, 6.45) is -0.499. The zero-order valence-electron chi connectivity index (χ0n) is 11.3. The summed E-state index contributed by atoms with van der Waals surface area (Å²) in [5, 5.41) is 0. The summed E-state index contributed by atoms with van der Waals surface area (Å²) in [5.41, 5.74) is 1.22. The van der Waals surface area contributed by atoms with Gasteiger partial charge in [-0.3, -0.25) is 9.69 Å². The highest BCUT2D eigenvalue weighted by Gasteiger charge is 2.14. The molecule has 0 spiro atoms. The number of benzene rings is 1. The number of likely N-dealkylation sites (N-methyl/N-ethyl adjacent to an activating group) is 1. The van der Waals surface area contributed by atoms with Gasteiger partial charge >= 0.3 is 5.97 Å². The third kappa shape index (κ3) is 5.80. The second kappa shape index (κ2) is 7.84. The summed E-state index contributed by atoms with van der Waals surface area (Å²) >= 11 is 0. The van der Waals surface area contributed by atoms with Crippen molar-refractivity contribution in [3.05, 3.63) is 35.9 Å². The maximum atomic E-state index is 10.9. The molecule has 0 saturated carbocycles. The zero-order chi connectivity index (χ0) is 13.4. The summed E-state index contributed by atoms with van der Waals surface area (Å²) < 4.78 is 10.5. The first kappa shape index (κ1) is 14.7. The van der Waals surface area contributed by atoms with Crippen LogP contribution in [0.1, 0.15) is 19.4 Å². The molecule has 4 nitrogen and oxygen atoms in total. The van der Waals surface area contributed by atoms with Gasteiger partial charge in [0.25, 0.3) is 0 Å². The number of nitrogens with zero attached hydrogens (tertiary/aromatic N) is 1. The van der Waals surface area contributed by atoms with Crippen LogP contribution in [0.25, 0.3) is 0 Å². The van der Waals surface area contributed by atoms with Crippen molar-refractivity contribution in [2.45, 2.75) is 26.7 Å². The summed E-state index contributed by atoms with van der Waals surface area (Å²) in [6, 6.07) is 10.1. The van der Waals surface area contributed by atoms with Gasteiger partial charge in [-0.1, -0.05) is 30.3 Å². The Morgan fingerprint density at radius 3 is 2.56 bits per heavy atom. The van der Waals surface area contributed by atoms with Crippen LogP contribution in [0.3, 0.4) is 0 Å². The fraction of sp³-hybridized carbons (Fsp3) is 0.500. The number of carbonyl (C=O) groups is 1. The Labute approximate surface area is 108 Å². The molecule has 1 aromatic carbocycles. The first-order valence-electron chi connectivity index (χ1n) is 6.13. The lowest BCUT2D eigenvalue weighted by atomic mass is 10.2. The highest BCUT2D eigenvalue weighted by molar-refractivity contribution is 5.66. The van der Waals surface area contributed by atoms with E-state index in [4.69, 9.17) is 9.47 Å². The molecule has 0 heterocycles. The molecule has 1 aromatic rings. The van der Waals surface area contributed by atoms with Crippen molar-refractivity contribution in [1.82, 2.24) is 4.90 Å². The maximum absolute atomic E-state index is 10.9. The highest BCUT2D eigenvalue weighted by Crippen LogP contribution is 2.05. The Balaban J connectivity index is 2.45. The molecule has 1 atom stereocenters. The predicted molar refractivity (Wildman–Crippen MR) is 70.0 cm³/mol. The maximum Gasteiger partial charge on any atom is 0.304 e. The minimum absolute atomic E-state index is 0.318. The number of hydrogen-bond donors (Lipinski definition) is 0. The average molecular weight is 251 g/mol. The van der Waals surface area contributed by atoms with E-state index in [0.29, 0.717) is 13.2 Å². The Morgan fingerprint density at radius 2 is 2.00 bits per heavy atom. The van der Waals surface area contributed by atoms with Crippen LogP contribution in [0.2, 0.25) is 0 Å². The molecule has 0 radical (unpaired) electrons. The Kier molecular flexibility index (Phi) is 6.39. The number of carbonyl (C=O) groups excluding carboxylic acids is 1. The van der Waals surface area contributed by atoms with E-state index >= 15 is 0 Å². The van der Waals surface area contributed by atoms with Crippen LogP contribution >= 0.6 is 0 Å². The molecule has 18 heavy (non-hydrogen) atoms. The van der Waals surface area contributed by atoms with Crippen molar-refractivity contribution in [3.63, 3.8) is 0 Å². The van der Waals surface area contributed by atoms with E-state index in [2.05, 4.69) is 17.0 Å². The van der Waals surface area contributed by atoms with Gasteiger partial charge in [-0.2, -0.15) is 0 Å². The highest BCUT2D eigenvalue weighted by atomic mass is 16.7. The molecule has 0 aliphatic heterocycles. The minimum atomic E-state index is -0.499. The molecule has 4 heteroatoms. The molecule has 0 amide bonds. The quantitative estimate of drug-likeness (QED) is 0.549. The lowest BCUT2D eigenvalue weighted by Crippen LogP contribution is -2.34. The van der Waals surface area contributed by atoms with E-state index in [1.54, 1.807) is 0 Å². The van der Waals surface area contributed by atoms with E-state index in [1.165, 1.54) is 12.5 Å². The molecule has 0 aliphatic rings. The van der Waals surface area contributed by atoms with Gasteiger partial charge in [0.2, 0.25) is 6.29 Å². The fourth-order valence-corrected chi connectivity index (χ4v) is 1.71. The Morgan fingerprint density at radius 1 is 1.33 bits per heavy atom. The van der Waals surface area contributed by atoms with Gasteiger partial charge in [0.1, 0.15) is 0 Å². The minimum Gasteiger partial charge on any atom is -0.435 e. The van der Waals surface area contributed by atoms with E-state index in [9.17, 15) is 4.79 Å². The van der Waals surface area contributed by atoms with Crippen LogP contribution < -0.4 is 0 Å². The SMILES string of the molecule is CCOC(CN(C)Cc1ccccc1)OC(C)=O. The molecular weight excluding hydrogens is 230 g/mol. The zero-order valence-corrected chi connectivity index (χ0v) is 11.3. The second-order valence-corrected chi connectivity index (χ2v) is 4.18. The van der Waals surface area contributed by atoms with Gasteiger partial charge in [0, 0.05) is 20.1 Å². The van der Waals surface area contributed by atoms with Crippen LogP contribution in [0, 0.1) is 0 Å².